The molecule has 2 aromatic rings. The highest BCUT2D eigenvalue weighted by atomic mass is 16.5. The number of benzene rings is 1. The van der Waals surface area contributed by atoms with Gasteiger partial charge in [0.05, 0.1) is 26.0 Å². The lowest BCUT2D eigenvalue weighted by atomic mass is 9.98. The van der Waals surface area contributed by atoms with Crippen molar-refractivity contribution in [2.24, 2.45) is 12.1 Å². The number of H-pyrrole nitrogens is 1. The van der Waals surface area contributed by atoms with E-state index in [1.807, 2.05) is 0 Å². The van der Waals surface area contributed by atoms with E-state index in [1.165, 1.54) is 26.3 Å². The molecular weight excluding hydrogens is 380 g/mol. The highest BCUT2D eigenvalue weighted by Crippen LogP contribution is 2.37. The van der Waals surface area contributed by atoms with Crippen molar-refractivity contribution in [3.05, 3.63) is 50.2 Å². The largest absolute Gasteiger partial charge is 0.494 e. The van der Waals surface area contributed by atoms with E-state index in [0.29, 0.717) is 11.5 Å². The predicted molar refractivity (Wildman–Crippen MR) is 105 cm³/mol. The van der Waals surface area contributed by atoms with E-state index in [1.54, 1.807) is 25.1 Å². The smallest absolute Gasteiger partial charge is 0.330 e. The molecule has 0 spiro atoms. The second-order valence-electron chi connectivity index (χ2n) is 6.49. The average molecular weight is 402 g/mol. The van der Waals surface area contributed by atoms with Crippen LogP contribution in [0.15, 0.2) is 32.9 Å². The number of aromatic hydroxyl groups is 1. The van der Waals surface area contributed by atoms with Gasteiger partial charge < -0.3 is 14.6 Å². The molecule has 1 aromatic carbocycles. The summed E-state index contributed by atoms with van der Waals surface area (Å²) >= 11 is 0. The summed E-state index contributed by atoms with van der Waals surface area (Å²) < 4.78 is 11.5. The zero-order valence-corrected chi connectivity index (χ0v) is 16.6. The molecule has 0 saturated heterocycles. The Bertz CT molecular complexity index is 1100. The molecule has 29 heavy (non-hydrogen) atoms. The van der Waals surface area contributed by atoms with Gasteiger partial charge >= 0.3 is 5.69 Å². The van der Waals surface area contributed by atoms with Crippen LogP contribution in [0.5, 0.6) is 17.4 Å². The molecule has 2 heterocycles. The van der Waals surface area contributed by atoms with Gasteiger partial charge in [0, 0.05) is 19.9 Å². The van der Waals surface area contributed by atoms with Crippen LogP contribution < -0.4 is 20.7 Å². The molecule has 1 aliphatic heterocycles. The first-order chi connectivity index (χ1) is 13.8. The summed E-state index contributed by atoms with van der Waals surface area (Å²) in [5.41, 5.74) is -0.706. The fourth-order valence-electron chi connectivity index (χ4n) is 3.24. The lowest BCUT2D eigenvalue weighted by Crippen LogP contribution is -2.32. The molecule has 10 nitrogen and oxygen atoms in total. The molecule has 3 rings (SSSR count). The van der Waals surface area contributed by atoms with E-state index >= 15 is 0 Å². The van der Waals surface area contributed by atoms with Crippen LogP contribution in [0.25, 0.3) is 0 Å². The highest BCUT2D eigenvalue weighted by molar-refractivity contribution is 6.04. The molecule has 2 N–H and O–H groups in total. The second kappa shape index (κ2) is 7.82. The zero-order chi connectivity index (χ0) is 21.3. The Labute approximate surface area is 166 Å². The molecule has 0 bridgehead atoms. The van der Waals surface area contributed by atoms with Crippen molar-refractivity contribution >= 4 is 11.6 Å². The molecule has 154 valence electrons. The molecule has 10 heteroatoms. The topological polar surface area (TPSA) is 126 Å². The van der Waals surface area contributed by atoms with E-state index in [0.717, 1.165) is 10.1 Å². The summed E-state index contributed by atoms with van der Waals surface area (Å²) in [5, 5.41) is 15.9. The number of amides is 1. The number of methoxy groups -OCH3 is 2. The quantitative estimate of drug-likeness (QED) is 0.765. The Morgan fingerprint density at radius 2 is 1.97 bits per heavy atom. The number of rotatable bonds is 5. The number of carbonyl (C=O) groups is 1. The van der Waals surface area contributed by atoms with E-state index in [4.69, 9.17) is 9.47 Å². The Morgan fingerprint density at radius 1 is 1.28 bits per heavy atom. The summed E-state index contributed by atoms with van der Waals surface area (Å²) in [6, 6.07) is 4.74. The van der Waals surface area contributed by atoms with Crippen molar-refractivity contribution in [3.63, 3.8) is 0 Å². The number of aromatic nitrogens is 2. The Morgan fingerprint density at radius 3 is 2.59 bits per heavy atom. The summed E-state index contributed by atoms with van der Waals surface area (Å²) in [6.45, 7) is 1.71. The first kappa shape index (κ1) is 20.2. The number of carbonyl (C=O) groups excluding carboxylic acids is 1. The van der Waals surface area contributed by atoms with E-state index in [9.17, 15) is 19.5 Å². The van der Waals surface area contributed by atoms with Gasteiger partial charge in [-0.15, -0.1) is 0 Å². The van der Waals surface area contributed by atoms with Gasteiger partial charge in [0.15, 0.2) is 11.5 Å². The van der Waals surface area contributed by atoms with Crippen LogP contribution in [0, 0.1) is 0 Å². The lowest BCUT2D eigenvalue weighted by molar-refractivity contribution is -0.132. The van der Waals surface area contributed by atoms with Crippen LogP contribution in [0.1, 0.15) is 36.9 Å². The number of hydrazone groups is 1. The molecule has 0 aliphatic carbocycles. The number of nitrogens with one attached hydrogen (secondary N) is 1. The Balaban J connectivity index is 2.09. The van der Waals surface area contributed by atoms with Crippen LogP contribution in [-0.2, 0) is 11.8 Å². The molecular formula is C19H22N4O6. The maximum absolute atomic E-state index is 12.5. The van der Waals surface area contributed by atoms with Gasteiger partial charge in [-0.05, 0) is 17.7 Å². The van der Waals surface area contributed by atoms with Crippen molar-refractivity contribution in [2.75, 3.05) is 14.2 Å². The van der Waals surface area contributed by atoms with E-state index in [2.05, 4.69) is 10.1 Å². The van der Waals surface area contributed by atoms with Crippen LogP contribution in [0.4, 0.5) is 0 Å². The number of ether oxygens (including phenoxy) is 2. The number of nitrogens with zero attached hydrogens (tertiary/aromatic N) is 3. The fraction of sp³-hybridized carbons (Fsp3) is 0.368. The third-order valence-corrected chi connectivity index (χ3v) is 4.84. The monoisotopic (exact) mass is 402 g/mol. The molecule has 1 aliphatic rings. The van der Waals surface area contributed by atoms with Gasteiger partial charge in [-0.2, -0.15) is 5.10 Å². The van der Waals surface area contributed by atoms with Crippen molar-refractivity contribution in [1.82, 2.24) is 14.6 Å². The lowest BCUT2D eigenvalue weighted by Gasteiger charge is -2.22. The third-order valence-electron chi connectivity index (χ3n) is 4.84. The van der Waals surface area contributed by atoms with Gasteiger partial charge in [-0.3, -0.25) is 19.1 Å². The normalized spacial score (nSPS) is 15.9. The van der Waals surface area contributed by atoms with Crippen LogP contribution in [-0.4, -0.2) is 45.5 Å². The number of hydrogen-bond acceptors (Lipinski definition) is 7. The third kappa shape index (κ3) is 3.48. The van der Waals surface area contributed by atoms with Gasteiger partial charge in [0.1, 0.15) is 5.56 Å². The minimum Gasteiger partial charge on any atom is -0.494 e. The Hall–Kier alpha value is -3.56. The van der Waals surface area contributed by atoms with Crippen LogP contribution in [0.2, 0.25) is 0 Å². The number of hydrogen-bond donors (Lipinski definition) is 2. The summed E-state index contributed by atoms with van der Waals surface area (Å²) in [4.78, 5) is 38.6. The van der Waals surface area contributed by atoms with Gasteiger partial charge in [0.2, 0.25) is 11.8 Å². The first-order valence-electron chi connectivity index (χ1n) is 8.96. The average Bonchev–Trinajstić information content (AvgIpc) is 3.15. The molecule has 0 saturated carbocycles. The standard InChI is InChI=1S/C19H22N4O6/c1-5-15(24)23-12(10-6-7-13(28-3)14(8-10)29-4)9-11(21-23)16-17(25)20-19(27)22(2)18(16)26/h6-8,12,26H,5,9H2,1-4H3,(H,20,25,27)/t12-/m1/s1. The summed E-state index contributed by atoms with van der Waals surface area (Å²) in [6.07, 6.45) is 0.381. The molecule has 1 aromatic heterocycles. The summed E-state index contributed by atoms with van der Waals surface area (Å²) in [7, 11) is 4.36. The second-order valence-corrected chi connectivity index (χ2v) is 6.49. The van der Waals surface area contributed by atoms with Gasteiger partial charge in [-0.1, -0.05) is 13.0 Å². The maximum atomic E-state index is 12.5. The molecule has 0 unspecified atom stereocenters. The molecule has 1 atom stereocenters. The highest BCUT2D eigenvalue weighted by Gasteiger charge is 2.35. The SMILES string of the molecule is CCC(=O)N1N=C(c2c(O)n(C)c(=O)[nH]c2=O)C[C@@H]1c1ccc(OC)c(OC)c1. The van der Waals surface area contributed by atoms with Crippen molar-refractivity contribution in [1.29, 1.82) is 0 Å². The number of aromatic amines is 1. The fourth-order valence-corrected chi connectivity index (χ4v) is 3.24. The van der Waals surface area contributed by atoms with Crippen molar-refractivity contribution in [2.45, 2.75) is 25.8 Å². The van der Waals surface area contributed by atoms with Gasteiger partial charge in [-0.25, -0.2) is 9.80 Å². The van der Waals surface area contributed by atoms with Crippen LogP contribution in [0.3, 0.4) is 0 Å². The zero-order valence-electron chi connectivity index (χ0n) is 16.6. The minimum absolute atomic E-state index is 0.135. The minimum atomic E-state index is -0.763. The first-order valence-corrected chi connectivity index (χ1v) is 8.96. The van der Waals surface area contributed by atoms with E-state index < -0.39 is 23.2 Å². The maximum Gasteiger partial charge on any atom is 0.330 e. The molecule has 0 radical (unpaired) electrons. The predicted octanol–water partition coefficient (Wildman–Crippen LogP) is 0.884. The van der Waals surface area contributed by atoms with Crippen LogP contribution >= 0.6 is 0 Å². The Kier molecular flexibility index (Phi) is 5.44. The molecule has 1 amide bonds. The van der Waals surface area contributed by atoms with E-state index in [-0.39, 0.29) is 30.0 Å². The summed E-state index contributed by atoms with van der Waals surface area (Å²) in [5.74, 6) is 0.274. The van der Waals surface area contributed by atoms with Gasteiger partial charge in [0.25, 0.3) is 5.56 Å². The van der Waals surface area contributed by atoms with Crippen molar-refractivity contribution in [3.8, 4) is 17.4 Å². The molecule has 0 fully saturated rings. The van der Waals surface area contributed by atoms with Crippen molar-refractivity contribution < 1.29 is 19.4 Å².